The smallest absolute Gasteiger partial charge is 0.0584 e. The largest absolute Gasteiger partial charge is 0.395 e. The summed E-state index contributed by atoms with van der Waals surface area (Å²) in [5, 5.41) is 12.6. The number of rotatable bonds is 9. The maximum Gasteiger partial charge on any atom is 0.0584 e. The van der Waals surface area contributed by atoms with Crippen LogP contribution in [0.15, 0.2) is 0 Å². The van der Waals surface area contributed by atoms with Crippen molar-refractivity contribution in [3.8, 4) is 0 Å². The molecule has 0 heterocycles. The average Bonchev–Trinajstić information content (AvgIpc) is 2.81. The van der Waals surface area contributed by atoms with Crippen molar-refractivity contribution < 1.29 is 5.11 Å². The van der Waals surface area contributed by atoms with Gasteiger partial charge < -0.3 is 10.4 Å². The van der Waals surface area contributed by atoms with Gasteiger partial charge in [0.1, 0.15) is 0 Å². The fourth-order valence-corrected chi connectivity index (χ4v) is 3.54. The van der Waals surface area contributed by atoms with Crippen LogP contribution in [0, 0.1) is 5.92 Å². The van der Waals surface area contributed by atoms with Crippen LogP contribution in [-0.4, -0.2) is 35.8 Å². The fraction of sp³-hybridized carbons (Fsp3) is 1.00. The summed E-state index contributed by atoms with van der Waals surface area (Å²) in [6.45, 7) is 3.47. The number of thioether (sulfide) groups is 1. The second kappa shape index (κ2) is 9.32. The molecule has 1 saturated carbocycles. The molecule has 1 rings (SSSR count). The normalized spacial score (nSPS) is 19.1. The monoisotopic (exact) mass is 245 g/mol. The van der Waals surface area contributed by atoms with Crippen molar-refractivity contribution in [2.45, 2.75) is 51.5 Å². The molecule has 0 aromatic heterocycles. The molecule has 0 spiro atoms. The minimum absolute atomic E-state index is 0.282. The van der Waals surface area contributed by atoms with E-state index in [0.29, 0.717) is 6.04 Å². The molecule has 1 fully saturated rings. The highest BCUT2D eigenvalue weighted by molar-refractivity contribution is 7.99. The van der Waals surface area contributed by atoms with E-state index in [9.17, 15) is 5.11 Å². The number of nitrogens with one attached hydrogen (secondary N) is 1. The summed E-state index contributed by atoms with van der Waals surface area (Å²) >= 11 is 2.08. The lowest BCUT2D eigenvalue weighted by molar-refractivity contribution is 0.240. The second-order valence-electron chi connectivity index (χ2n) is 4.85. The molecule has 2 nitrogen and oxygen atoms in total. The van der Waals surface area contributed by atoms with Crippen LogP contribution in [-0.2, 0) is 0 Å². The molecule has 1 aliphatic carbocycles. The van der Waals surface area contributed by atoms with Gasteiger partial charge in [0.15, 0.2) is 0 Å². The van der Waals surface area contributed by atoms with Crippen LogP contribution in [0.3, 0.4) is 0 Å². The van der Waals surface area contributed by atoms with E-state index < -0.39 is 0 Å². The molecule has 0 aromatic carbocycles. The number of aliphatic hydroxyl groups excluding tert-OH is 1. The standard InChI is InChI=1S/C13H27NOS/c1-2-8-14-13(10-15)7-9-16-11-12-5-3-4-6-12/h12-15H,2-11H2,1H3. The number of hydrogen-bond acceptors (Lipinski definition) is 3. The zero-order chi connectivity index (χ0) is 11.6. The molecule has 1 aliphatic rings. The van der Waals surface area contributed by atoms with E-state index >= 15 is 0 Å². The summed E-state index contributed by atoms with van der Waals surface area (Å²) in [6, 6.07) is 0.316. The van der Waals surface area contributed by atoms with Gasteiger partial charge >= 0.3 is 0 Å². The molecule has 0 bridgehead atoms. The molecular formula is C13H27NOS. The molecule has 1 atom stereocenters. The van der Waals surface area contributed by atoms with Crippen LogP contribution < -0.4 is 5.32 Å². The van der Waals surface area contributed by atoms with E-state index in [1.807, 2.05) is 0 Å². The average molecular weight is 245 g/mol. The van der Waals surface area contributed by atoms with E-state index in [1.54, 1.807) is 0 Å². The van der Waals surface area contributed by atoms with E-state index in [1.165, 1.54) is 37.2 Å². The maximum absolute atomic E-state index is 9.19. The Morgan fingerprint density at radius 2 is 2.12 bits per heavy atom. The Kier molecular flexibility index (Phi) is 8.34. The third kappa shape index (κ3) is 6.12. The van der Waals surface area contributed by atoms with Gasteiger partial charge in [-0.3, -0.25) is 0 Å². The van der Waals surface area contributed by atoms with Crippen LogP contribution in [0.4, 0.5) is 0 Å². The van der Waals surface area contributed by atoms with Gasteiger partial charge in [0.2, 0.25) is 0 Å². The summed E-state index contributed by atoms with van der Waals surface area (Å²) in [5.74, 6) is 3.52. The summed E-state index contributed by atoms with van der Waals surface area (Å²) < 4.78 is 0. The van der Waals surface area contributed by atoms with Crippen molar-refractivity contribution in [1.29, 1.82) is 0 Å². The van der Waals surface area contributed by atoms with Gasteiger partial charge in [-0.1, -0.05) is 19.8 Å². The van der Waals surface area contributed by atoms with Gasteiger partial charge in [0.25, 0.3) is 0 Å². The Labute approximate surface area is 105 Å². The highest BCUT2D eigenvalue weighted by atomic mass is 32.2. The first-order valence-corrected chi connectivity index (χ1v) is 7.94. The lowest BCUT2D eigenvalue weighted by Crippen LogP contribution is -2.33. The predicted molar refractivity (Wildman–Crippen MR) is 73.1 cm³/mol. The Morgan fingerprint density at radius 3 is 2.75 bits per heavy atom. The van der Waals surface area contributed by atoms with Crippen LogP contribution in [0.25, 0.3) is 0 Å². The van der Waals surface area contributed by atoms with Crippen molar-refractivity contribution >= 4 is 11.8 Å². The zero-order valence-corrected chi connectivity index (χ0v) is 11.4. The first kappa shape index (κ1) is 14.3. The third-order valence-electron chi connectivity index (χ3n) is 3.34. The minimum Gasteiger partial charge on any atom is -0.395 e. The van der Waals surface area contributed by atoms with Gasteiger partial charge in [0, 0.05) is 6.04 Å². The Bertz CT molecular complexity index is 160. The number of aliphatic hydroxyl groups is 1. The zero-order valence-electron chi connectivity index (χ0n) is 10.6. The molecular weight excluding hydrogens is 218 g/mol. The van der Waals surface area contributed by atoms with Crippen molar-refractivity contribution in [3.63, 3.8) is 0 Å². The first-order chi connectivity index (χ1) is 7.86. The summed E-state index contributed by atoms with van der Waals surface area (Å²) in [5.41, 5.74) is 0. The van der Waals surface area contributed by atoms with Crippen LogP contribution in [0.1, 0.15) is 45.4 Å². The summed E-state index contributed by atoms with van der Waals surface area (Å²) in [4.78, 5) is 0. The van der Waals surface area contributed by atoms with Crippen molar-refractivity contribution in [2.24, 2.45) is 5.92 Å². The number of hydrogen-bond donors (Lipinski definition) is 2. The summed E-state index contributed by atoms with van der Waals surface area (Å²) in [7, 11) is 0. The highest BCUT2D eigenvalue weighted by Gasteiger charge is 2.14. The topological polar surface area (TPSA) is 32.3 Å². The maximum atomic E-state index is 9.19. The van der Waals surface area contributed by atoms with Crippen LogP contribution in [0.5, 0.6) is 0 Å². The van der Waals surface area contributed by atoms with E-state index in [4.69, 9.17) is 0 Å². The van der Waals surface area contributed by atoms with Crippen LogP contribution >= 0.6 is 11.8 Å². The quantitative estimate of drug-likeness (QED) is 0.613. The van der Waals surface area contributed by atoms with Gasteiger partial charge in [0.05, 0.1) is 6.61 Å². The van der Waals surface area contributed by atoms with Crippen molar-refractivity contribution in [3.05, 3.63) is 0 Å². The minimum atomic E-state index is 0.282. The Balaban J connectivity index is 1.95. The molecule has 1 unspecified atom stereocenters. The third-order valence-corrected chi connectivity index (χ3v) is 4.57. The molecule has 0 amide bonds. The van der Waals surface area contributed by atoms with Gasteiger partial charge in [-0.05, 0) is 49.7 Å². The molecule has 3 heteroatoms. The van der Waals surface area contributed by atoms with E-state index in [2.05, 4.69) is 24.0 Å². The molecule has 0 radical (unpaired) electrons. The molecule has 0 aliphatic heterocycles. The van der Waals surface area contributed by atoms with E-state index in [-0.39, 0.29) is 6.61 Å². The highest BCUT2D eigenvalue weighted by Crippen LogP contribution is 2.28. The first-order valence-electron chi connectivity index (χ1n) is 6.78. The molecule has 0 aromatic rings. The molecule has 0 saturated heterocycles. The second-order valence-corrected chi connectivity index (χ2v) is 6.00. The van der Waals surface area contributed by atoms with E-state index in [0.717, 1.165) is 25.3 Å². The van der Waals surface area contributed by atoms with Crippen LogP contribution in [0.2, 0.25) is 0 Å². The van der Waals surface area contributed by atoms with Crippen molar-refractivity contribution in [1.82, 2.24) is 5.32 Å². The van der Waals surface area contributed by atoms with Gasteiger partial charge in [-0.2, -0.15) is 11.8 Å². The molecule has 96 valence electrons. The fourth-order valence-electron chi connectivity index (χ4n) is 2.26. The Hall–Kier alpha value is 0.270. The van der Waals surface area contributed by atoms with Gasteiger partial charge in [-0.25, -0.2) is 0 Å². The molecule has 2 N–H and O–H groups in total. The summed E-state index contributed by atoms with van der Waals surface area (Å²) in [6.07, 6.45) is 8.04. The SMILES string of the molecule is CCCNC(CO)CCSCC1CCCC1. The lowest BCUT2D eigenvalue weighted by atomic mass is 10.1. The Morgan fingerprint density at radius 1 is 1.38 bits per heavy atom. The lowest BCUT2D eigenvalue weighted by Gasteiger charge is -2.16. The van der Waals surface area contributed by atoms with Gasteiger partial charge in [-0.15, -0.1) is 0 Å². The van der Waals surface area contributed by atoms with Crippen molar-refractivity contribution in [2.75, 3.05) is 24.7 Å². The molecule has 16 heavy (non-hydrogen) atoms. The predicted octanol–water partition coefficient (Wildman–Crippen LogP) is 2.66.